The molecule has 1 saturated carbocycles. The maximum absolute atomic E-state index is 6.08. The molecule has 1 aromatic carbocycles. The third kappa shape index (κ3) is 4.84. The topological polar surface area (TPSA) is 107 Å². The molecule has 0 atom stereocenters. The molecule has 0 aliphatic heterocycles. The van der Waals surface area contributed by atoms with Crippen LogP contribution in [0.25, 0.3) is 21.7 Å². The van der Waals surface area contributed by atoms with E-state index < -0.39 is 0 Å². The van der Waals surface area contributed by atoms with Crippen LogP contribution in [0.1, 0.15) is 50.4 Å². The first kappa shape index (κ1) is 21.8. The Bertz CT molecular complexity index is 1210. The molecule has 4 aromatic rings. The Morgan fingerprint density at radius 3 is 2.64 bits per heavy atom. The number of nitrogens with one attached hydrogen (secondary N) is 2. The van der Waals surface area contributed by atoms with E-state index >= 15 is 0 Å². The molecule has 3 aromatic heterocycles. The lowest BCUT2D eigenvalue weighted by molar-refractivity contribution is 0.410. The minimum absolute atomic E-state index is 0.258. The van der Waals surface area contributed by atoms with Crippen LogP contribution in [0.4, 0.5) is 11.8 Å². The molecule has 1 fully saturated rings. The molecule has 5 rings (SSSR count). The van der Waals surface area contributed by atoms with E-state index in [1.807, 2.05) is 30.7 Å². The summed E-state index contributed by atoms with van der Waals surface area (Å²) >= 11 is 1.68. The van der Waals surface area contributed by atoms with Crippen LogP contribution in [-0.4, -0.2) is 36.6 Å². The van der Waals surface area contributed by atoms with Crippen molar-refractivity contribution in [3.05, 3.63) is 47.7 Å². The van der Waals surface area contributed by atoms with E-state index in [2.05, 4.69) is 51.1 Å². The zero-order chi connectivity index (χ0) is 22.8. The molecule has 0 saturated heterocycles. The molecule has 1 aliphatic rings. The fourth-order valence-electron chi connectivity index (χ4n) is 4.20. The summed E-state index contributed by atoms with van der Waals surface area (Å²) < 4.78 is 2.09. The predicted molar refractivity (Wildman–Crippen MR) is 134 cm³/mol. The molecule has 0 unspecified atom stereocenters. The highest BCUT2D eigenvalue weighted by atomic mass is 32.1. The number of hydrogen-bond donors (Lipinski definition) is 3. The van der Waals surface area contributed by atoms with Crippen molar-refractivity contribution in [3.63, 3.8) is 0 Å². The average molecular weight is 463 g/mol. The second kappa shape index (κ2) is 9.44. The van der Waals surface area contributed by atoms with Crippen LogP contribution in [0.15, 0.2) is 42.9 Å². The first-order valence-electron chi connectivity index (χ1n) is 11.6. The summed E-state index contributed by atoms with van der Waals surface area (Å²) in [4.78, 5) is 20.0. The van der Waals surface area contributed by atoms with Crippen molar-refractivity contribution in [1.82, 2.24) is 24.5 Å². The number of nitrogens with zero attached hydrogens (tertiary/aromatic N) is 5. The molecule has 0 spiro atoms. The number of thiazole rings is 1. The van der Waals surface area contributed by atoms with Crippen LogP contribution < -0.4 is 16.4 Å². The lowest BCUT2D eigenvalue weighted by Crippen LogP contribution is -2.33. The highest BCUT2D eigenvalue weighted by Crippen LogP contribution is 2.28. The van der Waals surface area contributed by atoms with Crippen LogP contribution in [0.3, 0.4) is 0 Å². The van der Waals surface area contributed by atoms with Gasteiger partial charge in [-0.3, -0.25) is 0 Å². The smallest absolute Gasteiger partial charge is 0.227 e. The van der Waals surface area contributed by atoms with Gasteiger partial charge in [-0.05, 0) is 39.5 Å². The maximum Gasteiger partial charge on any atom is 0.227 e. The van der Waals surface area contributed by atoms with Gasteiger partial charge in [-0.2, -0.15) is 9.97 Å². The fourth-order valence-corrected chi connectivity index (χ4v) is 5.06. The SMILES string of the molecule is CC(C)n1cnc2c(NCc3cnc(-c4ccccc4)s3)nc(NC3CCC(N)CC3)nc21. The summed E-state index contributed by atoms with van der Waals surface area (Å²) in [6.07, 6.45) is 7.91. The predicted octanol–water partition coefficient (Wildman–Crippen LogP) is 4.82. The van der Waals surface area contributed by atoms with Gasteiger partial charge in [0.05, 0.1) is 12.9 Å². The molecule has 0 radical (unpaired) electrons. The minimum Gasteiger partial charge on any atom is -0.363 e. The van der Waals surface area contributed by atoms with Gasteiger partial charge in [0.1, 0.15) is 5.01 Å². The lowest BCUT2D eigenvalue weighted by Gasteiger charge is -2.27. The Labute approximate surface area is 197 Å². The quantitative estimate of drug-likeness (QED) is 0.361. The van der Waals surface area contributed by atoms with Gasteiger partial charge >= 0.3 is 0 Å². The van der Waals surface area contributed by atoms with Crippen LogP contribution in [0.5, 0.6) is 0 Å². The highest BCUT2D eigenvalue weighted by Gasteiger charge is 2.21. The first-order chi connectivity index (χ1) is 16.1. The summed E-state index contributed by atoms with van der Waals surface area (Å²) in [6.45, 7) is 4.89. The summed E-state index contributed by atoms with van der Waals surface area (Å²) in [5.41, 5.74) is 8.83. The van der Waals surface area contributed by atoms with Crippen molar-refractivity contribution in [1.29, 1.82) is 0 Å². The molecular weight excluding hydrogens is 432 g/mol. The summed E-state index contributed by atoms with van der Waals surface area (Å²) in [7, 11) is 0. The Morgan fingerprint density at radius 2 is 1.88 bits per heavy atom. The number of imidazole rings is 1. The Hall–Kier alpha value is -3.04. The van der Waals surface area contributed by atoms with E-state index in [0.717, 1.165) is 58.1 Å². The van der Waals surface area contributed by atoms with Crippen LogP contribution in [0.2, 0.25) is 0 Å². The van der Waals surface area contributed by atoms with Crippen LogP contribution in [0, 0.1) is 0 Å². The number of aromatic nitrogens is 5. The van der Waals surface area contributed by atoms with Gasteiger partial charge in [0.15, 0.2) is 17.0 Å². The summed E-state index contributed by atoms with van der Waals surface area (Å²) in [6, 6.07) is 11.2. The number of benzene rings is 1. The molecule has 9 heteroatoms. The van der Waals surface area contributed by atoms with E-state index in [4.69, 9.17) is 15.7 Å². The molecule has 8 nitrogen and oxygen atoms in total. The Balaban J connectivity index is 1.39. The van der Waals surface area contributed by atoms with Crippen molar-refractivity contribution >= 4 is 34.3 Å². The number of hydrogen-bond acceptors (Lipinski definition) is 8. The van der Waals surface area contributed by atoms with E-state index in [1.54, 1.807) is 11.3 Å². The number of fused-ring (bicyclic) bond motifs is 1. The van der Waals surface area contributed by atoms with Crippen molar-refractivity contribution < 1.29 is 0 Å². The Kier molecular flexibility index (Phi) is 6.24. The molecule has 33 heavy (non-hydrogen) atoms. The maximum atomic E-state index is 6.08. The molecule has 0 bridgehead atoms. The van der Waals surface area contributed by atoms with Crippen molar-refractivity contribution in [3.8, 4) is 10.6 Å². The van der Waals surface area contributed by atoms with Crippen molar-refractivity contribution in [2.24, 2.45) is 5.73 Å². The third-order valence-electron chi connectivity index (χ3n) is 6.09. The Morgan fingerprint density at radius 1 is 1.09 bits per heavy atom. The summed E-state index contributed by atoms with van der Waals surface area (Å²) in [5, 5.41) is 8.05. The largest absolute Gasteiger partial charge is 0.363 e. The van der Waals surface area contributed by atoms with Gasteiger partial charge in [-0.15, -0.1) is 11.3 Å². The van der Waals surface area contributed by atoms with Crippen molar-refractivity contribution in [2.75, 3.05) is 10.6 Å². The second-order valence-corrected chi connectivity index (χ2v) is 10.0. The van der Waals surface area contributed by atoms with Gasteiger partial charge in [0.25, 0.3) is 0 Å². The average Bonchev–Trinajstić information content (AvgIpc) is 3.47. The minimum atomic E-state index is 0.258. The number of nitrogens with two attached hydrogens (primary N) is 1. The van der Waals surface area contributed by atoms with Gasteiger partial charge in [-0.25, -0.2) is 9.97 Å². The van der Waals surface area contributed by atoms with E-state index in [0.29, 0.717) is 24.6 Å². The molecule has 172 valence electrons. The number of rotatable bonds is 7. The highest BCUT2D eigenvalue weighted by molar-refractivity contribution is 7.15. The molecule has 1 aliphatic carbocycles. The van der Waals surface area contributed by atoms with Crippen LogP contribution >= 0.6 is 11.3 Å². The molecule has 4 N–H and O–H groups in total. The van der Waals surface area contributed by atoms with E-state index in [1.165, 1.54) is 0 Å². The van der Waals surface area contributed by atoms with Gasteiger partial charge < -0.3 is 20.9 Å². The second-order valence-electron chi connectivity index (χ2n) is 8.92. The summed E-state index contributed by atoms with van der Waals surface area (Å²) in [5.74, 6) is 1.38. The normalized spacial score (nSPS) is 18.7. The van der Waals surface area contributed by atoms with Crippen molar-refractivity contribution in [2.45, 2.75) is 64.2 Å². The molecule has 0 amide bonds. The standard InChI is InChI=1S/C24H30N8S/c1-15(2)32-14-28-20-21(26-12-19-13-27-23(33-19)16-6-4-3-5-7-16)30-24(31-22(20)32)29-18-10-8-17(25)9-11-18/h3-7,13-15,17-18H,8-12,25H2,1-2H3,(H2,26,29,30,31). The van der Waals surface area contributed by atoms with E-state index in [9.17, 15) is 0 Å². The molecular formula is C24H30N8S. The zero-order valence-electron chi connectivity index (χ0n) is 19.0. The third-order valence-corrected chi connectivity index (χ3v) is 7.13. The first-order valence-corrected chi connectivity index (χ1v) is 12.4. The van der Waals surface area contributed by atoms with Gasteiger partial charge in [-0.1, -0.05) is 30.3 Å². The lowest BCUT2D eigenvalue weighted by atomic mass is 9.92. The molecule has 3 heterocycles. The van der Waals surface area contributed by atoms with Gasteiger partial charge in [0.2, 0.25) is 5.95 Å². The fraction of sp³-hybridized carbons (Fsp3) is 0.417. The number of anilines is 2. The van der Waals surface area contributed by atoms with Crippen LogP contribution in [-0.2, 0) is 6.54 Å². The van der Waals surface area contributed by atoms with E-state index in [-0.39, 0.29) is 6.04 Å². The zero-order valence-corrected chi connectivity index (χ0v) is 19.8. The monoisotopic (exact) mass is 462 g/mol. The van der Waals surface area contributed by atoms with Gasteiger partial charge in [0, 0.05) is 34.8 Å².